The van der Waals surface area contributed by atoms with Crippen LogP contribution in [0.3, 0.4) is 0 Å². The molecule has 1 aromatic heterocycles. The van der Waals surface area contributed by atoms with Crippen LogP contribution in [0.15, 0.2) is 21.9 Å². The largest absolute Gasteiger partial charge is 0.396 e. The second-order valence-electron chi connectivity index (χ2n) is 4.03. The summed E-state index contributed by atoms with van der Waals surface area (Å²) in [6.45, 7) is 0.849. The van der Waals surface area contributed by atoms with Crippen molar-refractivity contribution < 1.29 is 5.11 Å². The molecule has 82 valence electrons. The highest BCUT2D eigenvalue weighted by Gasteiger charge is 2.36. The summed E-state index contributed by atoms with van der Waals surface area (Å²) in [5.74, 6) is 1.01. The van der Waals surface area contributed by atoms with Gasteiger partial charge in [0.25, 0.3) is 5.56 Å². The minimum absolute atomic E-state index is 0.210. The summed E-state index contributed by atoms with van der Waals surface area (Å²) in [6.07, 6.45) is 3.39. The molecule has 0 saturated heterocycles. The van der Waals surface area contributed by atoms with Gasteiger partial charge in [0.15, 0.2) is 0 Å². The first kappa shape index (κ1) is 10.2. The summed E-state index contributed by atoms with van der Waals surface area (Å²) in [6, 6.07) is 1.35. The van der Waals surface area contributed by atoms with Gasteiger partial charge in [0.05, 0.1) is 0 Å². The molecule has 0 unspecified atom stereocenters. The number of nitrogens with one attached hydrogen (secondary N) is 1. The van der Waals surface area contributed by atoms with E-state index in [9.17, 15) is 9.59 Å². The third kappa shape index (κ3) is 2.36. The van der Waals surface area contributed by atoms with Crippen LogP contribution in [0.1, 0.15) is 12.8 Å². The zero-order valence-corrected chi connectivity index (χ0v) is 8.35. The van der Waals surface area contributed by atoms with E-state index < -0.39 is 0 Å². The van der Waals surface area contributed by atoms with Crippen LogP contribution < -0.4 is 11.2 Å². The molecule has 1 saturated carbocycles. The predicted molar refractivity (Wildman–Crippen MR) is 54.6 cm³/mol. The van der Waals surface area contributed by atoms with Crippen LogP contribution in [0.25, 0.3) is 0 Å². The third-order valence-electron chi connectivity index (χ3n) is 2.90. The van der Waals surface area contributed by atoms with Crippen LogP contribution in [0.4, 0.5) is 0 Å². The Bertz CT molecular complexity index is 448. The van der Waals surface area contributed by atoms with E-state index in [0.717, 1.165) is 12.8 Å². The third-order valence-corrected chi connectivity index (χ3v) is 2.90. The molecule has 0 spiro atoms. The van der Waals surface area contributed by atoms with Gasteiger partial charge in [-0.15, -0.1) is 0 Å². The highest BCUT2D eigenvalue weighted by atomic mass is 16.3. The van der Waals surface area contributed by atoms with E-state index in [-0.39, 0.29) is 17.9 Å². The van der Waals surface area contributed by atoms with Crippen LogP contribution >= 0.6 is 0 Å². The van der Waals surface area contributed by atoms with Crippen molar-refractivity contribution in [1.82, 2.24) is 9.55 Å². The van der Waals surface area contributed by atoms with Crippen LogP contribution in [0.2, 0.25) is 0 Å². The van der Waals surface area contributed by atoms with Gasteiger partial charge < -0.3 is 9.67 Å². The van der Waals surface area contributed by atoms with Crippen molar-refractivity contribution in [3.05, 3.63) is 33.1 Å². The molecule has 0 aliphatic heterocycles. The van der Waals surface area contributed by atoms with Gasteiger partial charge in [0, 0.05) is 25.4 Å². The Morgan fingerprint density at radius 1 is 1.47 bits per heavy atom. The molecule has 0 aromatic carbocycles. The van der Waals surface area contributed by atoms with Crippen molar-refractivity contribution in [2.24, 2.45) is 11.8 Å². The maximum Gasteiger partial charge on any atom is 0.328 e. The van der Waals surface area contributed by atoms with E-state index in [4.69, 9.17) is 5.11 Å². The van der Waals surface area contributed by atoms with Gasteiger partial charge in [0.1, 0.15) is 0 Å². The quantitative estimate of drug-likeness (QED) is 0.707. The molecule has 5 nitrogen and oxygen atoms in total. The number of aliphatic hydroxyl groups excluding tert-OH is 1. The Labute approximate surface area is 86.4 Å². The lowest BCUT2D eigenvalue weighted by molar-refractivity contribution is 0.275. The maximum absolute atomic E-state index is 11.3. The SMILES string of the molecule is O=c1ccn(C[C@H]2C[C@@H]2CCO)c(=O)[nH]1. The van der Waals surface area contributed by atoms with Crippen LogP contribution in [-0.4, -0.2) is 21.3 Å². The topological polar surface area (TPSA) is 75.1 Å². The fourth-order valence-corrected chi connectivity index (χ4v) is 1.89. The molecule has 5 heteroatoms. The van der Waals surface area contributed by atoms with Crippen molar-refractivity contribution >= 4 is 0 Å². The van der Waals surface area contributed by atoms with Crippen molar-refractivity contribution in [1.29, 1.82) is 0 Å². The van der Waals surface area contributed by atoms with E-state index in [1.165, 1.54) is 16.8 Å². The Morgan fingerprint density at radius 3 is 2.93 bits per heavy atom. The van der Waals surface area contributed by atoms with Gasteiger partial charge in [0.2, 0.25) is 0 Å². The number of aliphatic hydroxyl groups is 1. The summed E-state index contributed by atoms with van der Waals surface area (Å²) >= 11 is 0. The van der Waals surface area contributed by atoms with E-state index in [1.54, 1.807) is 0 Å². The average molecular weight is 210 g/mol. The molecular weight excluding hydrogens is 196 g/mol. The molecule has 0 bridgehead atoms. The Balaban J connectivity index is 2.01. The summed E-state index contributed by atoms with van der Waals surface area (Å²) in [7, 11) is 0. The predicted octanol–water partition coefficient (Wildman–Crippen LogP) is -0.445. The molecule has 1 aromatic rings. The van der Waals surface area contributed by atoms with Gasteiger partial charge in [-0.05, 0) is 24.7 Å². The van der Waals surface area contributed by atoms with Gasteiger partial charge in [-0.25, -0.2) is 4.79 Å². The van der Waals surface area contributed by atoms with Crippen LogP contribution in [-0.2, 0) is 6.54 Å². The number of aromatic amines is 1. The molecule has 1 aliphatic carbocycles. The minimum atomic E-state index is -0.362. The highest BCUT2D eigenvalue weighted by molar-refractivity contribution is 4.89. The summed E-state index contributed by atoms with van der Waals surface area (Å²) in [5.41, 5.74) is -0.712. The first-order valence-electron chi connectivity index (χ1n) is 5.11. The zero-order chi connectivity index (χ0) is 10.8. The molecule has 2 rings (SSSR count). The molecule has 1 aliphatic rings. The average Bonchev–Trinajstić information content (AvgIpc) is 2.90. The number of hydrogen-bond acceptors (Lipinski definition) is 3. The number of rotatable bonds is 4. The smallest absolute Gasteiger partial charge is 0.328 e. The van der Waals surface area contributed by atoms with E-state index in [1.807, 2.05) is 0 Å². The second kappa shape index (κ2) is 4.02. The van der Waals surface area contributed by atoms with Gasteiger partial charge in [-0.1, -0.05) is 0 Å². The van der Waals surface area contributed by atoms with Crippen molar-refractivity contribution in [2.45, 2.75) is 19.4 Å². The van der Waals surface area contributed by atoms with Crippen LogP contribution in [0, 0.1) is 11.8 Å². The fourth-order valence-electron chi connectivity index (χ4n) is 1.89. The first-order valence-corrected chi connectivity index (χ1v) is 5.11. The molecule has 0 radical (unpaired) electrons. The van der Waals surface area contributed by atoms with Crippen molar-refractivity contribution in [3.8, 4) is 0 Å². The van der Waals surface area contributed by atoms with Gasteiger partial charge in [-0.2, -0.15) is 0 Å². The molecule has 1 fully saturated rings. The molecule has 2 atom stereocenters. The van der Waals surface area contributed by atoms with Gasteiger partial charge in [-0.3, -0.25) is 9.78 Å². The summed E-state index contributed by atoms with van der Waals surface area (Å²) in [4.78, 5) is 24.4. The molecule has 15 heavy (non-hydrogen) atoms. The maximum atomic E-state index is 11.3. The van der Waals surface area contributed by atoms with Crippen LogP contribution in [0.5, 0.6) is 0 Å². The van der Waals surface area contributed by atoms with Crippen molar-refractivity contribution in [2.75, 3.05) is 6.61 Å². The Hall–Kier alpha value is -1.36. The molecule has 2 N–H and O–H groups in total. The lowest BCUT2D eigenvalue weighted by atomic mass is 10.2. The van der Waals surface area contributed by atoms with E-state index in [0.29, 0.717) is 18.4 Å². The highest BCUT2D eigenvalue weighted by Crippen LogP contribution is 2.41. The molecular formula is C10H14N2O3. The monoisotopic (exact) mass is 210 g/mol. The summed E-state index contributed by atoms with van der Waals surface area (Å²) < 4.78 is 1.52. The zero-order valence-electron chi connectivity index (χ0n) is 8.35. The van der Waals surface area contributed by atoms with Gasteiger partial charge >= 0.3 is 5.69 Å². The van der Waals surface area contributed by atoms with E-state index >= 15 is 0 Å². The minimum Gasteiger partial charge on any atom is -0.396 e. The Kier molecular flexibility index (Phi) is 2.73. The number of hydrogen-bond donors (Lipinski definition) is 2. The standard InChI is InChI=1S/C10H14N2O3/c13-4-2-7-5-8(7)6-12-3-1-9(14)11-10(12)15/h1,3,7-8,13H,2,4-6H2,(H,11,14,15)/t7-,8+/m0/s1. The number of H-pyrrole nitrogens is 1. The second-order valence-corrected chi connectivity index (χ2v) is 4.03. The molecule has 1 heterocycles. The number of nitrogens with zero attached hydrogens (tertiary/aromatic N) is 1. The fraction of sp³-hybridized carbons (Fsp3) is 0.600. The molecule has 0 amide bonds. The number of aromatic nitrogens is 2. The van der Waals surface area contributed by atoms with E-state index in [2.05, 4.69) is 4.98 Å². The van der Waals surface area contributed by atoms with Crippen molar-refractivity contribution in [3.63, 3.8) is 0 Å². The summed E-state index contributed by atoms with van der Waals surface area (Å²) in [5, 5.41) is 8.74. The lowest BCUT2D eigenvalue weighted by Gasteiger charge is -2.02. The Morgan fingerprint density at radius 2 is 2.27 bits per heavy atom. The normalized spacial score (nSPS) is 24.1. The lowest BCUT2D eigenvalue weighted by Crippen LogP contribution is -2.29. The first-order chi connectivity index (χ1) is 7.20.